The number of halogens is 1. The zero-order chi connectivity index (χ0) is 20.4. The van der Waals surface area contributed by atoms with Crippen LogP contribution in [0.4, 0.5) is 0 Å². The van der Waals surface area contributed by atoms with Crippen molar-refractivity contribution in [2.45, 2.75) is 52.2 Å². The van der Waals surface area contributed by atoms with E-state index in [1.54, 1.807) is 18.2 Å². The molecule has 5 nitrogen and oxygen atoms in total. The van der Waals surface area contributed by atoms with Crippen LogP contribution in [0, 0.1) is 0 Å². The number of carboxylic acid groups (broad SMARTS) is 1. The first kappa shape index (κ1) is 22.0. The van der Waals surface area contributed by atoms with E-state index >= 15 is 0 Å². The molecule has 0 saturated carbocycles. The number of carbonyl (C=O) groups excluding carboxylic acids is 1. The zero-order valence-electron chi connectivity index (χ0n) is 16.2. The summed E-state index contributed by atoms with van der Waals surface area (Å²) < 4.78 is 12.2. The fraction of sp³-hybridized carbons (Fsp3) is 0.474. The lowest BCUT2D eigenvalue weighted by Crippen LogP contribution is -2.41. The summed E-state index contributed by atoms with van der Waals surface area (Å²) in [5.74, 6) is -0.528. The molecule has 27 heavy (non-hydrogen) atoms. The summed E-state index contributed by atoms with van der Waals surface area (Å²) in [6.45, 7) is 9.39. The monoisotopic (exact) mass is 410 g/mol. The molecule has 1 heterocycles. The van der Waals surface area contributed by atoms with Crippen molar-refractivity contribution >= 4 is 47.6 Å². The second kappa shape index (κ2) is 8.39. The first-order valence-electron chi connectivity index (χ1n) is 8.61. The summed E-state index contributed by atoms with van der Waals surface area (Å²) in [7, 11) is -0.583. The van der Waals surface area contributed by atoms with Crippen LogP contribution in [-0.4, -0.2) is 40.3 Å². The molecule has 0 atom stereocenters. The van der Waals surface area contributed by atoms with Crippen LogP contribution in [0.25, 0.3) is 6.08 Å². The molecule has 2 rings (SSSR count). The molecule has 0 radical (unpaired) electrons. The minimum Gasteiger partial charge on any atom is -0.481 e. The normalized spacial score (nSPS) is 18.6. The third kappa shape index (κ3) is 5.61. The Morgan fingerprint density at radius 3 is 2.33 bits per heavy atom. The van der Waals surface area contributed by atoms with Gasteiger partial charge in [-0.15, -0.1) is 0 Å². The van der Waals surface area contributed by atoms with E-state index in [0.717, 1.165) is 11.0 Å². The van der Waals surface area contributed by atoms with Gasteiger partial charge in [0.25, 0.3) is 0 Å². The SMILES string of the molecule is CC(=O)SCC(=Cc1ccc(Cl)c(CC(=O)O)c1)B1OC(C)(C)C(C)(C)O1. The van der Waals surface area contributed by atoms with Gasteiger partial charge in [-0.2, -0.15) is 0 Å². The Morgan fingerprint density at radius 1 is 1.22 bits per heavy atom. The highest BCUT2D eigenvalue weighted by atomic mass is 35.5. The third-order valence-corrected chi connectivity index (χ3v) is 6.01. The maximum absolute atomic E-state index is 11.5. The number of carbonyl (C=O) groups is 2. The number of carboxylic acids is 1. The fourth-order valence-corrected chi connectivity index (χ4v) is 3.33. The Balaban J connectivity index is 2.37. The van der Waals surface area contributed by atoms with E-state index in [1.165, 1.54) is 18.7 Å². The van der Waals surface area contributed by atoms with Gasteiger partial charge < -0.3 is 14.4 Å². The molecule has 1 aromatic carbocycles. The molecule has 0 aliphatic carbocycles. The van der Waals surface area contributed by atoms with Gasteiger partial charge in [0.1, 0.15) is 0 Å². The highest BCUT2D eigenvalue weighted by molar-refractivity contribution is 8.13. The maximum Gasteiger partial charge on any atom is 0.491 e. The number of thioether (sulfide) groups is 1. The third-order valence-electron chi connectivity index (χ3n) is 4.76. The van der Waals surface area contributed by atoms with Crippen molar-refractivity contribution in [3.63, 3.8) is 0 Å². The summed E-state index contributed by atoms with van der Waals surface area (Å²) >= 11 is 7.28. The standard InChI is InChI=1S/C19H24BClO5S/c1-12(22)27-11-15(20-25-18(2,3)19(4,5)26-20)9-13-6-7-16(21)14(8-13)10-17(23)24/h6-9H,10-11H2,1-5H3,(H,23,24). The number of hydrogen-bond donors (Lipinski definition) is 1. The van der Waals surface area contributed by atoms with Crippen LogP contribution in [0.3, 0.4) is 0 Å². The average molecular weight is 411 g/mol. The fourth-order valence-electron chi connectivity index (χ4n) is 2.55. The van der Waals surface area contributed by atoms with Gasteiger partial charge in [0.15, 0.2) is 5.12 Å². The lowest BCUT2D eigenvalue weighted by atomic mass is 9.78. The number of hydrogen-bond acceptors (Lipinski definition) is 5. The van der Waals surface area contributed by atoms with E-state index in [-0.39, 0.29) is 11.5 Å². The van der Waals surface area contributed by atoms with Gasteiger partial charge in [-0.25, -0.2) is 0 Å². The molecule has 1 saturated heterocycles. The minimum atomic E-state index is -0.948. The number of benzene rings is 1. The smallest absolute Gasteiger partial charge is 0.481 e. The second-order valence-corrected chi connectivity index (χ2v) is 9.07. The second-order valence-electron chi connectivity index (χ2n) is 7.51. The average Bonchev–Trinajstić information content (AvgIpc) is 2.74. The first-order valence-corrected chi connectivity index (χ1v) is 9.97. The van der Waals surface area contributed by atoms with Crippen molar-refractivity contribution in [3.05, 3.63) is 39.8 Å². The number of aliphatic carboxylic acids is 1. The maximum atomic E-state index is 11.5. The van der Waals surface area contributed by atoms with Crippen molar-refractivity contribution in [2.75, 3.05) is 5.75 Å². The molecule has 0 unspecified atom stereocenters. The molecule has 1 aliphatic rings. The van der Waals surface area contributed by atoms with Crippen LogP contribution in [-0.2, 0) is 25.3 Å². The van der Waals surface area contributed by atoms with E-state index in [1.807, 2.05) is 33.8 Å². The van der Waals surface area contributed by atoms with Crippen molar-refractivity contribution in [1.29, 1.82) is 0 Å². The number of rotatable bonds is 6. The Bertz CT molecular complexity index is 759. The largest absolute Gasteiger partial charge is 0.491 e. The Kier molecular flexibility index (Phi) is 6.84. The minimum absolute atomic E-state index is 0.0000831. The summed E-state index contributed by atoms with van der Waals surface area (Å²) in [5.41, 5.74) is 1.13. The first-order chi connectivity index (χ1) is 12.4. The molecular weight excluding hydrogens is 387 g/mol. The van der Waals surface area contributed by atoms with Gasteiger partial charge in [-0.1, -0.05) is 35.5 Å². The van der Waals surface area contributed by atoms with Crippen LogP contribution < -0.4 is 0 Å². The summed E-state index contributed by atoms with van der Waals surface area (Å²) in [5, 5.41) is 9.45. The molecular formula is C19H24BClO5S. The highest BCUT2D eigenvalue weighted by Crippen LogP contribution is 2.39. The molecule has 146 valence electrons. The van der Waals surface area contributed by atoms with Crippen LogP contribution in [0.15, 0.2) is 23.7 Å². The van der Waals surface area contributed by atoms with Crippen molar-refractivity contribution in [3.8, 4) is 0 Å². The van der Waals surface area contributed by atoms with E-state index in [2.05, 4.69) is 0 Å². The molecule has 8 heteroatoms. The van der Waals surface area contributed by atoms with E-state index in [4.69, 9.17) is 26.0 Å². The molecule has 1 aliphatic heterocycles. The zero-order valence-corrected chi connectivity index (χ0v) is 17.7. The van der Waals surface area contributed by atoms with E-state index in [0.29, 0.717) is 16.3 Å². The van der Waals surface area contributed by atoms with Crippen LogP contribution in [0.2, 0.25) is 5.02 Å². The Labute approximate surface area is 169 Å². The lowest BCUT2D eigenvalue weighted by molar-refractivity contribution is -0.136. The molecule has 1 fully saturated rings. The molecule has 0 bridgehead atoms. The molecule has 0 amide bonds. The van der Waals surface area contributed by atoms with Crippen molar-refractivity contribution in [1.82, 2.24) is 0 Å². The molecule has 1 N–H and O–H groups in total. The molecule has 1 aromatic rings. The summed E-state index contributed by atoms with van der Waals surface area (Å²) in [4.78, 5) is 22.5. The predicted octanol–water partition coefficient (Wildman–Crippen LogP) is 4.26. The van der Waals surface area contributed by atoms with Crippen molar-refractivity contribution in [2.24, 2.45) is 0 Å². The van der Waals surface area contributed by atoms with Crippen LogP contribution in [0.1, 0.15) is 45.7 Å². The van der Waals surface area contributed by atoms with Crippen LogP contribution >= 0.6 is 23.4 Å². The lowest BCUT2D eigenvalue weighted by Gasteiger charge is -2.32. The van der Waals surface area contributed by atoms with Gasteiger partial charge in [0.05, 0.1) is 17.6 Å². The van der Waals surface area contributed by atoms with Gasteiger partial charge in [0.2, 0.25) is 0 Å². The van der Waals surface area contributed by atoms with Gasteiger partial charge in [-0.05, 0) is 56.4 Å². The van der Waals surface area contributed by atoms with Crippen molar-refractivity contribution < 1.29 is 24.0 Å². The predicted molar refractivity (Wildman–Crippen MR) is 110 cm³/mol. The summed E-state index contributed by atoms with van der Waals surface area (Å²) in [6.07, 6.45) is 1.72. The Hall–Kier alpha value is -1.28. The molecule has 0 aromatic heterocycles. The van der Waals surface area contributed by atoms with Gasteiger partial charge in [-0.3, -0.25) is 9.59 Å². The van der Waals surface area contributed by atoms with E-state index in [9.17, 15) is 9.59 Å². The Morgan fingerprint density at radius 2 is 1.81 bits per heavy atom. The van der Waals surface area contributed by atoms with E-state index < -0.39 is 24.3 Å². The molecule has 0 spiro atoms. The van der Waals surface area contributed by atoms with Gasteiger partial charge >= 0.3 is 13.1 Å². The topological polar surface area (TPSA) is 72.8 Å². The van der Waals surface area contributed by atoms with Gasteiger partial charge in [0, 0.05) is 17.7 Å². The highest BCUT2D eigenvalue weighted by Gasteiger charge is 2.52. The van der Waals surface area contributed by atoms with Crippen LogP contribution in [0.5, 0.6) is 0 Å². The summed E-state index contributed by atoms with van der Waals surface area (Å²) in [6, 6.07) is 5.21. The quantitative estimate of drug-likeness (QED) is 0.706.